The fourth-order valence-corrected chi connectivity index (χ4v) is 2.85. The van der Waals surface area contributed by atoms with E-state index in [1.165, 1.54) is 10.6 Å². The van der Waals surface area contributed by atoms with Crippen molar-refractivity contribution in [3.8, 4) is 0 Å². The molecule has 2 rings (SSSR count). The van der Waals surface area contributed by atoms with Gasteiger partial charge in [-0.15, -0.1) is 0 Å². The van der Waals surface area contributed by atoms with Crippen LogP contribution in [0.15, 0.2) is 47.2 Å². The van der Waals surface area contributed by atoms with Gasteiger partial charge in [-0.3, -0.25) is 9.36 Å². The molecule has 8 heteroatoms. The summed E-state index contributed by atoms with van der Waals surface area (Å²) in [5.74, 6) is -1.87. The van der Waals surface area contributed by atoms with Crippen LogP contribution in [0.3, 0.4) is 0 Å². The number of carbonyl (C=O) groups is 4. The van der Waals surface area contributed by atoms with Crippen LogP contribution in [0.1, 0.15) is 63.2 Å². The maximum absolute atomic E-state index is 12.4. The van der Waals surface area contributed by atoms with Crippen molar-refractivity contribution in [2.24, 2.45) is 0 Å². The summed E-state index contributed by atoms with van der Waals surface area (Å²) in [5, 5.41) is 0. The van der Waals surface area contributed by atoms with E-state index in [1.54, 1.807) is 59.0 Å². The Labute approximate surface area is 181 Å². The molecule has 0 amide bonds. The second kappa shape index (κ2) is 10.6. The largest absolute Gasteiger partial charge is 0.457 e. The molecule has 0 saturated carbocycles. The minimum Gasteiger partial charge on any atom is -0.457 e. The van der Waals surface area contributed by atoms with Crippen molar-refractivity contribution in [3.05, 3.63) is 58.5 Å². The second-order valence-electron chi connectivity index (χ2n) is 7.00. The van der Waals surface area contributed by atoms with Gasteiger partial charge in [0.2, 0.25) is 5.91 Å². The monoisotopic (exact) mass is 429 g/mol. The Morgan fingerprint density at radius 2 is 1.65 bits per heavy atom. The minimum atomic E-state index is -0.746. The molecule has 8 nitrogen and oxygen atoms in total. The maximum atomic E-state index is 12.4. The summed E-state index contributed by atoms with van der Waals surface area (Å²) >= 11 is 0. The summed E-state index contributed by atoms with van der Waals surface area (Å²) < 4.78 is 17.3. The number of rotatable bonds is 8. The molecule has 2 heterocycles. The number of hydrogen-bond donors (Lipinski definition) is 0. The fourth-order valence-electron chi connectivity index (χ4n) is 2.85. The molecule has 1 unspecified atom stereocenters. The molecule has 1 aliphatic heterocycles. The number of esters is 3. The van der Waals surface area contributed by atoms with Gasteiger partial charge in [0.05, 0.1) is 17.7 Å². The van der Waals surface area contributed by atoms with Gasteiger partial charge < -0.3 is 14.2 Å². The molecule has 0 saturated heterocycles. The van der Waals surface area contributed by atoms with Crippen LogP contribution < -0.4 is 0 Å². The molecule has 1 aromatic rings. The van der Waals surface area contributed by atoms with Crippen molar-refractivity contribution < 1.29 is 33.4 Å². The average molecular weight is 429 g/mol. The molecule has 0 aromatic carbocycles. The van der Waals surface area contributed by atoms with E-state index in [0.717, 1.165) is 0 Å². The van der Waals surface area contributed by atoms with E-state index in [2.05, 4.69) is 0 Å². The third-order valence-electron chi connectivity index (χ3n) is 5.03. The number of allylic oxidation sites excluding steroid dienone is 3. The van der Waals surface area contributed by atoms with Gasteiger partial charge in [-0.2, -0.15) is 0 Å². The predicted octanol–water partition coefficient (Wildman–Crippen LogP) is 3.58. The lowest BCUT2D eigenvalue weighted by Crippen LogP contribution is -2.16. The van der Waals surface area contributed by atoms with Gasteiger partial charge in [-0.1, -0.05) is 18.2 Å². The maximum Gasteiger partial charge on any atom is 0.337 e. The molecule has 0 fully saturated rings. The highest BCUT2D eigenvalue weighted by Crippen LogP contribution is 2.33. The SMILES string of the molecule is CC=C(C)C(=O)OCC(=CC)C(=O)OCc1ccn2c1C(OC(=O)C(C)=CC)CC2=O. The summed E-state index contributed by atoms with van der Waals surface area (Å²) in [4.78, 5) is 48.5. The number of hydrogen-bond acceptors (Lipinski definition) is 7. The van der Waals surface area contributed by atoms with Crippen LogP contribution in [-0.2, 0) is 35.2 Å². The molecular formula is C23H27NO7. The Balaban J connectivity index is 2.05. The van der Waals surface area contributed by atoms with Crippen LogP contribution in [0, 0.1) is 0 Å². The highest BCUT2D eigenvalue weighted by molar-refractivity contribution is 5.91. The molecular weight excluding hydrogens is 402 g/mol. The van der Waals surface area contributed by atoms with Gasteiger partial charge in [-0.25, -0.2) is 14.4 Å². The Hall–Kier alpha value is -3.42. The summed E-state index contributed by atoms with van der Waals surface area (Å²) in [7, 11) is 0. The van der Waals surface area contributed by atoms with E-state index in [9.17, 15) is 19.2 Å². The standard InChI is InChI=1S/C23H27NO7/c1-6-14(4)21(26)29-12-16(8-3)23(28)30-13-17-9-10-24-19(25)11-18(20(17)24)31-22(27)15(5)7-2/h6-10,18H,11-13H2,1-5H3. The van der Waals surface area contributed by atoms with Gasteiger partial charge >= 0.3 is 17.9 Å². The van der Waals surface area contributed by atoms with E-state index in [1.807, 2.05) is 0 Å². The quantitative estimate of drug-likeness (QED) is 0.354. The smallest absolute Gasteiger partial charge is 0.337 e. The molecule has 0 radical (unpaired) electrons. The average Bonchev–Trinajstić information content (AvgIpc) is 3.32. The molecule has 31 heavy (non-hydrogen) atoms. The van der Waals surface area contributed by atoms with Gasteiger partial charge in [-0.05, 0) is 40.7 Å². The highest BCUT2D eigenvalue weighted by Gasteiger charge is 2.35. The van der Waals surface area contributed by atoms with Crippen LogP contribution in [0.4, 0.5) is 0 Å². The van der Waals surface area contributed by atoms with E-state index >= 15 is 0 Å². The Morgan fingerprint density at radius 3 is 2.26 bits per heavy atom. The molecule has 166 valence electrons. The van der Waals surface area contributed by atoms with Crippen LogP contribution in [0.2, 0.25) is 0 Å². The third-order valence-corrected chi connectivity index (χ3v) is 5.03. The van der Waals surface area contributed by atoms with Gasteiger partial charge in [0.25, 0.3) is 0 Å². The Bertz CT molecular complexity index is 978. The molecule has 1 atom stereocenters. The van der Waals surface area contributed by atoms with Crippen molar-refractivity contribution in [3.63, 3.8) is 0 Å². The normalized spacial score (nSPS) is 16.7. The summed E-state index contributed by atoms with van der Waals surface area (Å²) in [6.07, 6.45) is 5.61. The highest BCUT2D eigenvalue weighted by atomic mass is 16.6. The van der Waals surface area contributed by atoms with Crippen LogP contribution in [0.25, 0.3) is 0 Å². The lowest BCUT2D eigenvalue weighted by Gasteiger charge is -2.14. The Kier molecular flexibility index (Phi) is 8.13. The summed E-state index contributed by atoms with van der Waals surface area (Å²) in [5.41, 5.74) is 2.12. The molecule has 1 aliphatic rings. The first-order chi connectivity index (χ1) is 14.7. The van der Waals surface area contributed by atoms with Gasteiger partial charge in [0, 0.05) is 22.9 Å². The van der Waals surface area contributed by atoms with Gasteiger partial charge in [0.15, 0.2) is 6.10 Å². The Morgan fingerprint density at radius 1 is 1.00 bits per heavy atom. The number of fused-ring (bicyclic) bond motifs is 1. The minimum absolute atomic E-state index is 0.0280. The van der Waals surface area contributed by atoms with Crippen molar-refractivity contribution in [2.75, 3.05) is 6.61 Å². The molecule has 1 aromatic heterocycles. The lowest BCUT2D eigenvalue weighted by atomic mass is 10.1. The van der Waals surface area contributed by atoms with E-state index in [-0.39, 0.29) is 31.1 Å². The van der Waals surface area contributed by atoms with Crippen LogP contribution in [0.5, 0.6) is 0 Å². The topological polar surface area (TPSA) is 101 Å². The van der Waals surface area contributed by atoms with Crippen LogP contribution >= 0.6 is 0 Å². The first kappa shape index (κ1) is 23.9. The number of nitrogens with zero attached hydrogens (tertiary/aromatic N) is 1. The van der Waals surface area contributed by atoms with Crippen molar-refractivity contribution >= 4 is 23.8 Å². The number of aromatic nitrogens is 1. The molecule has 0 N–H and O–H groups in total. The van der Waals surface area contributed by atoms with E-state index in [4.69, 9.17) is 14.2 Å². The van der Waals surface area contributed by atoms with Gasteiger partial charge in [0.1, 0.15) is 13.2 Å². The first-order valence-corrected chi connectivity index (χ1v) is 9.93. The zero-order valence-corrected chi connectivity index (χ0v) is 18.4. The fraction of sp³-hybridized carbons (Fsp3) is 0.391. The van der Waals surface area contributed by atoms with Crippen molar-refractivity contribution in [1.29, 1.82) is 0 Å². The van der Waals surface area contributed by atoms with Crippen molar-refractivity contribution in [2.45, 2.75) is 53.8 Å². The lowest BCUT2D eigenvalue weighted by molar-refractivity contribution is -0.145. The summed E-state index contributed by atoms with van der Waals surface area (Å²) in [6.45, 7) is 7.99. The molecule has 0 spiro atoms. The number of carbonyl (C=O) groups excluding carboxylic acids is 4. The van der Waals surface area contributed by atoms with E-state index < -0.39 is 24.0 Å². The summed E-state index contributed by atoms with van der Waals surface area (Å²) in [6, 6.07) is 1.65. The zero-order valence-electron chi connectivity index (χ0n) is 18.4. The first-order valence-electron chi connectivity index (χ1n) is 9.93. The second-order valence-corrected chi connectivity index (χ2v) is 7.00. The number of ether oxygens (including phenoxy) is 3. The predicted molar refractivity (Wildman–Crippen MR) is 112 cm³/mol. The van der Waals surface area contributed by atoms with E-state index in [0.29, 0.717) is 22.4 Å². The van der Waals surface area contributed by atoms with Crippen LogP contribution in [-0.4, -0.2) is 35.0 Å². The molecule has 0 bridgehead atoms. The molecule has 0 aliphatic carbocycles. The van der Waals surface area contributed by atoms with Crippen molar-refractivity contribution in [1.82, 2.24) is 4.57 Å². The third kappa shape index (κ3) is 5.59. The zero-order chi connectivity index (χ0) is 23.1.